The second-order valence-corrected chi connectivity index (χ2v) is 9.53. The van der Waals surface area contributed by atoms with Gasteiger partial charge in [-0.1, -0.05) is 6.07 Å². The smallest absolute Gasteiger partial charge is 0.410 e. The lowest BCUT2D eigenvalue weighted by Gasteiger charge is -2.34. The lowest BCUT2D eigenvalue weighted by molar-refractivity contribution is 0.00663. The van der Waals surface area contributed by atoms with Crippen LogP contribution in [0.25, 0.3) is 16.9 Å². The summed E-state index contributed by atoms with van der Waals surface area (Å²) < 4.78 is 33.8. The Morgan fingerprint density at radius 3 is 2.80 bits per heavy atom. The molecule has 3 aromatic heterocycles. The molecule has 1 aliphatic heterocycles. The summed E-state index contributed by atoms with van der Waals surface area (Å²) in [4.78, 5) is 22.6. The normalized spacial score (nSPS) is 17.3. The summed E-state index contributed by atoms with van der Waals surface area (Å²) in [5, 5.41) is 13.9. The van der Waals surface area contributed by atoms with Crippen LogP contribution in [0.1, 0.15) is 40.5 Å². The summed E-state index contributed by atoms with van der Waals surface area (Å²) in [6.07, 6.45) is 2.87. The Hall–Kier alpha value is -3.47. The molecular formula is C24H30FN5O5. The van der Waals surface area contributed by atoms with Crippen molar-refractivity contribution in [3.63, 3.8) is 0 Å². The molecule has 0 bridgehead atoms. The molecule has 4 rings (SSSR count). The second-order valence-electron chi connectivity index (χ2n) is 9.53. The Morgan fingerprint density at radius 1 is 1.29 bits per heavy atom. The standard InChI is InChI=1S/C24H30FN5O5/c1-15(31)14-33-21-19(25)22(28-20(27-21)17-12-26-30-11-6-5-9-18(17)30)34-16-8-7-10-29(13-16)23(32)35-24(2,3)4/h5-6,9,11-12,15-16,31H,7-8,10,13-14H2,1-4H3/t15-,16+/m0/s1. The fourth-order valence-corrected chi connectivity index (χ4v) is 3.69. The van der Waals surface area contributed by atoms with Gasteiger partial charge in [0.25, 0.3) is 11.8 Å². The number of halogens is 1. The third-order valence-electron chi connectivity index (χ3n) is 5.23. The summed E-state index contributed by atoms with van der Waals surface area (Å²) in [5.74, 6) is -1.33. The number of piperidine rings is 1. The van der Waals surface area contributed by atoms with Gasteiger partial charge < -0.3 is 24.2 Å². The fourth-order valence-electron chi connectivity index (χ4n) is 3.69. The molecule has 0 spiro atoms. The number of carbonyl (C=O) groups is 1. The number of aromatic nitrogens is 4. The van der Waals surface area contributed by atoms with E-state index in [2.05, 4.69) is 15.1 Å². The highest BCUT2D eigenvalue weighted by atomic mass is 19.1. The lowest BCUT2D eigenvalue weighted by Crippen LogP contribution is -2.46. The number of ether oxygens (including phenoxy) is 3. The van der Waals surface area contributed by atoms with Crippen LogP contribution in [0, 0.1) is 5.82 Å². The number of likely N-dealkylation sites (tertiary alicyclic amines) is 1. The maximum atomic E-state index is 15.3. The molecule has 4 heterocycles. The molecule has 0 radical (unpaired) electrons. The van der Waals surface area contributed by atoms with E-state index in [-0.39, 0.29) is 30.7 Å². The van der Waals surface area contributed by atoms with Crippen molar-refractivity contribution in [1.82, 2.24) is 24.5 Å². The van der Waals surface area contributed by atoms with Gasteiger partial charge in [-0.3, -0.25) is 0 Å². The monoisotopic (exact) mass is 487 g/mol. The Labute approximate surface area is 202 Å². The number of hydrogen-bond donors (Lipinski definition) is 1. The van der Waals surface area contributed by atoms with Gasteiger partial charge in [-0.05, 0) is 52.7 Å². The fraction of sp³-hybridized carbons (Fsp3) is 0.500. The minimum atomic E-state index is -0.875. The van der Waals surface area contributed by atoms with Gasteiger partial charge in [-0.15, -0.1) is 0 Å². The van der Waals surface area contributed by atoms with E-state index in [9.17, 15) is 9.90 Å². The van der Waals surface area contributed by atoms with E-state index < -0.39 is 29.7 Å². The molecule has 1 aliphatic rings. The maximum absolute atomic E-state index is 15.3. The first kappa shape index (κ1) is 24.6. The van der Waals surface area contributed by atoms with Crippen LogP contribution in [-0.2, 0) is 4.74 Å². The maximum Gasteiger partial charge on any atom is 0.410 e. The van der Waals surface area contributed by atoms with Crippen molar-refractivity contribution in [3.8, 4) is 23.1 Å². The Kier molecular flexibility index (Phi) is 7.06. The van der Waals surface area contributed by atoms with Crippen molar-refractivity contribution < 1.29 is 28.5 Å². The predicted molar refractivity (Wildman–Crippen MR) is 125 cm³/mol. The zero-order valence-electron chi connectivity index (χ0n) is 20.3. The molecule has 1 fully saturated rings. The molecule has 1 N–H and O–H groups in total. The van der Waals surface area contributed by atoms with Crippen LogP contribution in [0.3, 0.4) is 0 Å². The van der Waals surface area contributed by atoms with Crippen molar-refractivity contribution in [2.75, 3.05) is 19.7 Å². The Morgan fingerprint density at radius 2 is 2.06 bits per heavy atom. The number of nitrogens with zero attached hydrogens (tertiary/aromatic N) is 5. The zero-order valence-corrected chi connectivity index (χ0v) is 20.3. The topological polar surface area (TPSA) is 111 Å². The average molecular weight is 488 g/mol. The largest absolute Gasteiger partial charge is 0.473 e. The van der Waals surface area contributed by atoms with Gasteiger partial charge in [-0.2, -0.15) is 19.5 Å². The van der Waals surface area contributed by atoms with Gasteiger partial charge in [-0.25, -0.2) is 9.31 Å². The van der Waals surface area contributed by atoms with Gasteiger partial charge in [0, 0.05) is 12.7 Å². The summed E-state index contributed by atoms with van der Waals surface area (Å²) in [6.45, 7) is 7.53. The molecule has 2 atom stereocenters. The summed E-state index contributed by atoms with van der Waals surface area (Å²) in [5.41, 5.74) is 0.667. The van der Waals surface area contributed by atoms with E-state index in [0.717, 1.165) is 5.52 Å². The SMILES string of the molecule is C[C@H](O)COc1nc(-c2cnn3ccccc23)nc(O[C@@H]2CCCN(C(=O)OC(C)(C)C)C2)c1F. The first-order valence-electron chi connectivity index (χ1n) is 11.6. The first-order chi connectivity index (χ1) is 16.6. The number of pyridine rings is 1. The minimum Gasteiger partial charge on any atom is -0.473 e. The van der Waals surface area contributed by atoms with Crippen molar-refractivity contribution in [1.29, 1.82) is 0 Å². The zero-order chi connectivity index (χ0) is 25.2. The average Bonchev–Trinajstić information content (AvgIpc) is 3.23. The molecule has 188 valence electrons. The number of amides is 1. The van der Waals surface area contributed by atoms with Crippen LogP contribution >= 0.6 is 0 Å². The number of rotatable bonds is 6. The van der Waals surface area contributed by atoms with Crippen LogP contribution < -0.4 is 9.47 Å². The molecule has 3 aromatic rings. The van der Waals surface area contributed by atoms with Crippen LogP contribution in [0.4, 0.5) is 9.18 Å². The molecule has 11 heteroatoms. The molecule has 1 amide bonds. The number of aliphatic hydroxyl groups excluding tert-OH is 1. The molecule has 0 unspecified atom stereocenters. The Balaban J connectivity index is 1.62. The number of aliphatic hydroxyl groups is 1. The molecular weight excluding hydrogens is 457 g/mol. The molecule has 0 saturated carbocycles. The lowest BCUT2D eigenvalue weighted by atomic mass is 10.1. The second kappa shape index (κ2) is 10.0. The molecule has 0 aliphatic carbocycles. The van der Waals surface area contributed by atoms with Crippen molar-refractivity contribution in [2.24, 2.45) is 0 Å². The summed E-state index contributed by atoms with van der Waals surface area (Å²) in [6, 6.07) is 5.52. The van der Waals surface area contributed by atoms with E-state index in [1.165, 1.54) is 6.92 Å². The quantitative estimate of drug-likeness (QED) is 0.563. The van der Waals surface area contributed by atoms with Crippen LogP contribution in [0.15, 0.2) is 30.6 Å². The van der Waals surface area contributed by atoms with E-state index in [1.54, 1.807) is 42.6 Å². The minimum absolute atomic E-state index is 0.155. The van der Waals surface area contributed by atoms with Gasteiger partial charge in [0.2, 0.25) is 5.82 Å². The van der Waals surface area contributed by atoms with E-state index >= 15 is 4.39 Å². The summed E-state index contributed by atoms with van der Waals surface area (Å²) >= 11 is 0. The van der Waals surface area contributed by atoms with Gasteiger partial charge in [0.15, 0.2) is 5.82 Å². The van der Waals surface area contributed by atoms with Gasteiger partial charge in [0.05, 0.1) is 29.9 Å². The van der Waals surface area contributed by atoms with E-state index in [0.29, 0.717) is 24.9 Å². The van der Waals surface area contributed by atoms with Crippen LogP contribution in [0.5, 0.6) is 11.8 Å². The number of carbonyl (C=O) groups excluding carboxylic acids is 1. The highest BCUT2D eigenvalue weighted by molar-refractivity contribution is 5.75. The van der Waals surface area contributed by atoms with Crippen molar-refractivity contribution in [2.45, 2.75) is 58.3 Å². The molecule has 1 saturated heterocycles. The predicted octanol–water partition coefficient (Wildman–Crippen LogP) is 3.47. The third-order valence-corrected chi connectivity index (χ3v) is 5.23. The van der Waals surface area contributed by atoms with E-state index in [1.807, 2.05) is 18.2 Å². The molecule has 10 nitrogen and oxygen atoms in total. The van der Waals surface area contributed by atoms with Crippen LogP contribution in [-0.4, -0.2) is 73.2 Å². The van der Waals surface area contributed by atoms with Gasteiger partial charge >= 0.3 is 6.09 Å². The third kappa shape index (κ3) is 5.97. The number of hydrogen-bond acceptors (Lipinski definition) is 8. The summed E-state index contributed by atoms with van der Waals surface area (Å²) in [7, 11) is 0. The molecule has 0 aromatic carbocycles. The Bertz CT molecular complexity index is 1190. The highest BCUT2D eigenvalue weighted by Crippen LogP contribution is 2.31. The van der Waals surface area contributed by atoms with Crippen molar-refractivity contribution >= 4 is 11.6 Å². The first-order valence-corrected chi connectivity index (χ1v) is 11.6. The molecule has 35 heavy (non-hydrogen) atoms. The van der Waals surface area contributed by atoms with Crippen LogP contribution in [0.2, 0.25) is 0 Å². The van der Waals surface area contributed by atoms with E-state index in [4.69, 9.17) is 14.2 Å². The van der Waals surface area contributed by atoms with Gasteiger partial charge in [0.1, 0.15) is 18.3 Å². The van der Waals surface area contributed by atoms with Crippen molar-refractivity contribution in [3.05, 3.63) is 36.4 Å². The highest BCUT2D eigenvalue weighted by Gasteiger charge is 2.30. The number of fused-ring (bicyclic) bond motifs is 1.